The number of amides is 2. The average Bonchev–Trinajstić information content (AvgIpc) is 3.46. The van der Waals surface area contributed by atoms with E-state index < -0.39 is 0 Å². The minimum atomic E-state index is -0.199. The van der Waals surface area contributed by atoms with E-state index >= 15 is 0 Å². The topological polar surface area (TPSA) is 70.6 Å². The van der Waals surface area contributed by atoms with Gasteiger partial charge in [-0.1, -0.05) is 54.1 Å². The van der Waals surface area contributed by atoms with Crippen LogP contribution in [0.15, 0.2) is 71.8 Å². The van der Waals surface area contributed by atoms with Gasteiger partial charge in [0.2, 0.25) is 5.91 Å². The van der Waals surface area contributed by atoms with Crippen LogP contribution in [0.4, 0.5) is 5.69 Å². The summed E-state index contributed by atoms with van der Waals surface area (Å²) in [6, 6.07) is 20.8. The molecule has 2 amide bonds. The molecule has 7 heteroatoms. The number of hydrogen-bond acceptors (Lipinski definition) is 4. The van der Waals surface area contributed by atoms with E-state index in [1.165, 1.54) is 16.9 Å². The Balaban J connectivity index is 1.32. The first-order valence-electron chi connectivity index (χ1n) is 9.57. The van der Waals surface area contributed by atoms with E-state index in [2.05, 4.69) is 28.0 Å². The third-order valence-electron chi connectivity index (χ3n) is 5.05. The van der Waals surface area contributed by atoms with Crippen LogP contribution in [0.25, 0.3) is 0 Å². The lowest BCUT2D eigenvalue weighted by molar-refractivity contribution is -0.122. The number of nitrogens with one attached hydrogen (secondary N) is 2. The number of carbonyl (C=O) groups excluding carboxylic acids is 2. The molecule has 0 bridgehead atoms. The first-order valence-corrected chi connectivity index (χ1v) is 10.8. The average molecular weight is 438 g/mol. The van der Waals surface area contributed by atoms with Crippen molar-refractivity contribution in [1.29, 1.82) is 0 Å². The lowest BCUT2D eigenvalue weighted by atomic mass is 10.1. The predicted molar refractivity (Wildman–Crippen MR) is 121 cm³/mol. The fourth-order valence-electron chi connectivity index (χ4n) is 3.26. The molecule has 2 N–H and O–H groups in total. The monoisotopic (exact) mass is 437 g/mol. The van der Waals surface area contributed by atoms with Crippen LogP contribution < -0.4 is 10.7 Å². The highest BCUT2D eigenvalue weighted by molar-refractivity contribution is 7.18. The van der Waals surface area contributed by atoms with Crippen molar-refractivity contribution in [3.8, 4) is 0 Å². The lowest BCUT2D eigenvalue weighted by Crippen LogP contribution is -2.21. The Morgan fingerprint density at radius 1 is 1.03 bits per heavy atom. The van der Waals surface area contributed by atoms with Crippen LogP contribution in [0.5, 0.6) is 0 Å². The molecule has 30 heavy (non-hydrogen) atoms. The van der Waals surface area contributed by atoms with Gasteiger partial charge in [0.1, 0.15) is 0 Å². The summed E-state index contributed by atoms with van der Waals surface area (Å²) < 4.78 is 0.575. The minimum Gasteiger partial charge on any atom is -0.321 e. The molecular weight excluding hydrogens is 418 g/mol. The molecule has 2 aromatic carbocycles. The Morgan fingerprint density at radius 2 is 1.77 bits per heavy atom. The van der Waals surface area contributed by atoms with E-state index in [0.29, 0.717) is 20.6 Å². The molecule has 4 rings (SSSR count). The maximum atomic E-state index is 12.4. The summed E-state index contributed by atoms with van der Waals surface area (Å²) in [6.07, 6.45) is 0.855. The van der Waals surface area contributed by atoms with Gasteiger partial charge in [-0.3, -0.25) is 9.59 Å². The van der Waals surface area contributed by atoms with E-state index in [0.717, 1.165) is 12.0 Å². The second-order valence-electron chi connectivity index (χ2n) is 7.17. The second-order valence-corrected chi connectivity index (χ2v) is 8.88. The fraction of sp³-hybridized carbons (Fsp3) is 0.174. The summed E-state index contributed by atoms with van der Waals surface area (Å²) in [5.41, 5.74) is 6.11. The van der Waals surface area contributed by atoms with Gasteiger partial charge in [-0.25, -0.2) is 5.43 Å². The predicted octanol–water partition coefficient (Wildman–Crippen LogP) is 5.30. The Morgan fingerprint density at radius 3 is 2.43 bits per heavy atom. The Kier molecular flexibility index (Phi) is 5.97. The fourth-order valence-corrected chi connectivity index (χ4v) is 4.20. The van der Waals surface area contributed by atoms with E-state index in [9.17, 15) is 9.59 Å². The molecule has 3 aromatic rings. The van der Waals surface area contributed by atoms with Crippen LogP contribution in [0.2, 0.25) is 4.34 Å². The Hall–Kier alpha value is -2.96. The van der Waals surface area contributed by atoms with E-state index in [1.807, 2.05) is 37.3 Å². The number of thiophene rings is 1. The van der Waals surface area contributed by atoms with Crippen molar-refractivity contribution in [2.45, 2.75) is 19.3 Å². The van der Waals surface area contributed by atoms with Gasteiger partial charge in [0.05, 0.1) is 14.9 Å². The minimum absolute atomic E-state index is 0.0210. The molecule has 5 nitrogen and oxygen atoms in total. The second kappa shape index (κ2) is 8.81. The highest BCUT2D eigenvalue weighted by atomic mass is 35.5. The van der Waals surface area contributed by atoms with Gasteiger partial charge >= 0.3 is 0 Å². The first kappa shape index (κ1) is 20.3. The number of nitrogens with zero attached hydrogens (tertiary/aromatic N) is 1. The van der Waals surface area contributed by atoms with Crippen LogP contribution in [-0.2, 0) is 4.79 Å². The molecule has 1 aliphatic rings. The summed E-state index contributed by atoms with van der Waals surface area (Å²) in [5, 5.41) is 7.08. The summed E-state index contributed by atoms with van der Waals surface area (Å²) in [7, 11) is 0. The van der Waals surface area contributed by atoms with Crippen molar-refractivity contribution in [2.24, 2.45) is 11.0 Å². The maximum Gasteiger partial charge on any atom is 0.265 e. The first-order chi connectivity index (χ1) is 14.5. The molecule has 0 spiro atoms. The SMILES string of the molecule is C/C(=N\NC(=O)C1CC1c1ccccc1)c1ccc(NC(=O)c2ccc(Cl)s2)cc1. The molecule has 1 fully saturated rings. The van der Waals surface area contributed by atoms with Gasteiger partial charge in [0, 0.05) is 11.6 Å². The van der Waals surface area contributed by atoms with Crippen LogP contribution in [0.3, 0.4) is 0 Å². The molecule has 0 saturated heterocycles. The summed E-state index contributed by atoms with van der Waals surface area (Å²) in [4.78, 5) is 25.1. The van der Waals surface area contributed by atoms with Crippen molar-refractivity contribution in [1.82, 2.24) is 5.43 Å². The van der Waals surface area contributed by atoms with Gasteiger partial charge < -0.3 is 5.32 Å². The summed E-state index contributed by atoms with van der Waals surface area (Å²) in [5.74, 6) is 0.00604. The van der Waals surface area contributed by atoms with Crippen LogP contribution in [0.1, 0.15) is 40.1 Å². The normalized spacial score (nSPS) is 18.0. The molecule has 1 aromatic heterocycles. The van der Waals surface area contributed by atoms with Gasteiger partial charge in [0.25, 0.3) is 5.91 Å². The van der Waals surface area contributed by atoms with Gasteiger partial charge in [-0.05, 0) is 54.7 Å². The standard InChI is InChI=1S/C23H20ClN3O2S/c1-14(26-27-22(28)19-13-18(19)16-5-3-2-4-6-16)15-7-9-17(10-8-15)25-23(29)20-11-12-21(24)30-20/h2-12,18-19H,13H2,1H3,(H,25,29)(H,27,28)/b26-14+. The summed E-state index contributed by atoms with van der Waals surface area (Å²) in [6.45, 7) is 1.84. The van der Waals surface area contributed by atoms with Gasteiger partial charge in [-0.2, -0.15) is 5.10 Å². The highest BCUT2D eigenvalue weighted by Crippen LogP contribution is 2.47. The van der Waals surface area contributed by atoms with Crippen LogP contribution >= 0.6 is 22.9 Å². The highest BCUT2D eigenvalue weighted by Gasteiger charge is 2.43. The van der Waals surface area contributed by atoms with E-state index in [-0.39, 0.29) is 23.7 Å². The Labute approximate surface area is 183 Å². The number of rotatable bonds is 6. The zero-order valence-electron chi connectivity index (χ0n) is 16.3. The zero-order valence-corrected chi connectivity index (χ0v) is 17.8. The number of halogens is 1. The van der Waals surface area contributed by atoms with Crippen molar-refractivity contribution >= 4 is 46.2 Å². The van der Waals surface area contributed by atoms with Gasteiger partial charge in [0.15, 0.2) is 0 Å². The summed E-state index contributed by atoms with van der Waals surface area (Å²) >= 11 is 7.11. The van der Waals surface area contributed by atoms with Gasteiger partial charge in [-0.15, -0.1) is 11.3 Å². The third kappa shape index (κ3) is 4.78. The van der Waals surface area contributed by atoms with E-state index in [1.54, 1.807) is 24.3 Å². The lowest BCUT2D eigenvalue weighted by Gasteiger charge is -2.06. The number of hydrogen-bond donors (Lipinski definition) is 2. The molecule has 0 radical (unpaired) electrons. The van der Waals surface area contributed by atoms with E-state index in [4.69, 9.17) is 11.6 Å². The number of anilines is 1. The molecule has 2 atom stereocenters. The quantitative estimate of drug-likeness (QED) is 0.406. The van der Waals surface area contributed by atoms with Crippen LogP contribution in [-0.4, -0.2) is 17.5 Å². The number of hydrazone groups is 1. The van der Waals surface area contributed by atoms with Crippen molar-refractivity contribution in [2.75, 3.05) is 5.32 Å². The number of benzene rings is 2. The Bertz CT molecular complexity index is 1090. The zero-order chi connectivity index (χ0) is 21.1. The molecule has 152 valence electrons. The molecule has 1 aliphatic carbocycles. The third-order valence-corrected chi connectivity index (χ3v) is 6.28. The maximum absolute atomic E-state index is 12.4. The van der Waals surface area contributed by atoms with Crippen molar-refractivity contribution in [3.63, 3.8) is 0 Å². The number of carbonyl (C=O) groups is 2. The molecule has 1 saturated carbocycles. The smallest absolute Gasteiger partial charge is 0.265 e. The molecule has 1 heterocycles. The largest absolute Gasteiger partial charge is 0.321 e. The van der Waals surface area contributed by atoms with Crippen molar-refractivity contribution < 1.29 is 9.59 Å². The van der Waals surface area contributed by atoms with Crippen molar-refractivity contribution in [3.05, 3.63) is 87.1 Å². The molecular formula is C23H20ClN3O2S. The van der Waals surface area contributed by atoms with Crippen LogP contribution in [0, 0.1) is 5.92 Å². The molecule has 0 aliphatic heterocycles. The molecule has 2 unspecified atom stereocenters.